The summed E-state index contributed by atoms with van der Waals surface area (Å²) >= 11 is 3.78. The number of ether oxygens (including phenoxy) is 1. The number of rotatable bonds is 8. The zero-order chi connectivity index (χ0) is 21.5. The lowest BCUT2D eigenvalue weighted by atomic mass is 9.69. The fourth-order valence-electron chi connectivity index (χ4n) is 4.80. The Morgan fingerprint density at radius 2 is 1.55 bits per heavy atom. The molecular weight excluding hydrogens is 446 g/mol. The van der Waals surface area contributed by atoms with E-state index < -0.39 is 0 Å². The molecule has 0 amide bonds. The number of hydrogen-bond acceptors (Lipinski definition) is 2. The molecule has 2 unspecified atom stereocenters. The number of benzene rings is 3. The Kier molecular flexibility index (Phi) is 7.60. The van der Waals surface area contributed by atoms with Crippen LogP contribution in [0.3, 0.4) is 0 Å². The normalized spacial score (nSPS) is 21.8. The molecule has 3 aromatic carbocycles. The van der Waals surface area contributed by atoms with E-state index in [1.165, 1.54) is 21.2 Å². The third-order valence-electron chi connectivity index (χ3n) is 6.78. The van der Waals surface area contributed by atoms with Crippen LogP contribution in [0.25, 0.3) is 0 Å². The van der Waals surface area contributed by atoms with Crippen LogP contribution in [-0.4, -0.2) is 24.1 Å². The molecule has 1 fully saturated rings. The highest BCUT2D eigenvalue weighted by Gasteiger charge is 2.42. The van der Waals surface area contributed by atoms with E-state index in [2.05, 4.69) is 113 Å². The molecule has 2 nitrogen and oxygen atoms in total. The summed E-state index contributed by atoms with van der Waals surface area (Å²) in [7, 11) is 0. The average molecular weight is 478 g/mol. The molecule has 0 aliphatic carbocycles. The van der Waals surface area contributed by atoms with Gasteiger partial charge >= 0.3 is 0 Å². The minimum atomic E-state index is 0.145. The van der Waals surface area contributed by atoms with Gasteiger partial charge < -0.3 is 4.74 Å². The summed E-state index contributed by atoms with van der Waals surface area (Å²) in [6.45, 7) is 6.07. The zero-order valence-electron chi connectivity index (χ0n) is 18.3. The second kappa shape index (κ2) is 10.6. The van der Waals surface area contributed by atoms with Gasteiger partial charge in [-0.25, -0.2) is 0 Å². The Balaban J connectivity index is 1.55. The van der Waals surface area contributed by atoms with Crippen LogP contribution in [0, 0.1) is 5.41 Å². The summed E-state index contributed by atoms with van der Waals surface area (Å²) in [6, 6.07) is 30.0. The molecule has 3 aromatic rings. The van der Waals surface area contributed by atoms with Crippen molar-refractivity contribution in [2.45, 2.75) is 45.4 Å². The molecule has 1 saturated heterocycles. The molecule has 0 N–H and O–H groups in total. The number of hydrogen-bond donors (Lipinski definition) is 0. The van der Waals surface area contributed by atoms with Crippen molar-refractivity contribution < 1.29 is 4.74 Å². The first-order valence-corrected chi connectivity index (χ1v) is 12.1. The lowest BCUT2D eigenvalue weighted by molar-refractivity contribution is -0.101. The van der Waals surface area contributed by atoms with Crippen molar-refractivity contribution in [2.24, 2.45) is 5.41 Å². The molecule has 0 bridgehead atoms. The first-order chi connectivity index (χ1) is 15.2. The maximum absolute atomic E-state index is 6.70. The van der Waals surface area contributed by atoms with Gasteiger partial charge in [0, 0.05) is 23.0 Å². The van der Waals surface area contributed by atoms with Gasteiger partial charge in [-0.3, -0.25) is 4.90 Å². The molecule has 0 spiro atoms. The molecule has 31 heavy (non-hydrogen) atoms. The second-order valence-corrected chi connectivity index (χ2v) is 9.59. The predicted molar refractivity (Wildman–Crippen MR) is 132 cm³/mol. The quantitative estimate of drug-likeness (QED) is 0.350. The fourth-order valence-corrected chi connectivity index (χ4v) is 5.22. The number of nitrogens with zero attached hydrogens (tertiary/aromatic N) is 1. The summed E-state index contributed by atoms with van der Waals surface area (Å²) < 4.78 is 7.90. The van der Waals surface area contributed by atoms with Gasteiger partial charge in [0.2, 0.25) is 0 Å². The molecule has 0 saturated carbocycles. The topological polar surface area (TPSA) is 12.5 Å². The van der Waals surface area contributed by atoms with Crippen molar-refractivity contribution >= 4 is 15.9 Å². The lowest BCUT2D eigenvalue weighted by Gasteiger charge is -2.48. The standard InChI is InChI=1S/C28H32BrNO/c1-2-28(19-25-15-9-10-16-26(25)29)17-18-30(20-23-11-5-3-6-12-23)21-27(28)31-22-24-13-7-4-8-14-24/h3-16,27H,2,17-22H2,1H3. The highest BCUT2D eigenvalue weighted by Crippen LogP contribution is 2.42. The monoisotopic (exact) mass is 477 g/mol. The maximum Gasteiger partial charge on any atom is 0.0766 e. The van der Waals surface area contributed by atoms with Gasteiger partial charge in [-0.2, -0.15) is 0 Å². The molecule has 1 aliphatic rings. The van der Waals surface area contributed by atoms with E-state index in [1.807, 2.05) is 0 Å². The average Bonchev–Trinajstić information content (AvgIpc) is 2.82. The van der Waals surface area contributed by atoms with Gasteiger partial charge in [0.1, 0.15) is 0 Å². The van der Waals surface area contributed by atoms with Crippen LogP contribution in [-0.2, 0) is 24.3 Å². The number of likely N-dealkylation sites (tertiary alicyclic amines) is 1. The van der Waals surface area contributed by atoms with Gasteiger partial charge in [-0.1, -0.05) is 102 Å². The summed E-state index contributed by atoms with van der Waals surface area (Å²) in [5, 5.41) is 0. The van der Waals surface area contributed by atoms with Crippen molar-refractivity contribution in [1.82, 2.24) is 4.90 Å². The first kappa shape index (κ1) is 22.3. The van der Waals surface area contributed by atoms with E-state index in [0.29, 0.717) is 6.61 Å². The smallest absolute Gasteiger partial charge is 0.0766 e. The van der Waals surface area contributed by atoms with Crippen molar-refractivity contribution in [3.05, 3.63) is 106 Å². The maximum atomic E-state index is 6.70. The SMILES string of the molecule is CCC1(Cc2ccccc2Br)CCN(Cc2ccccc2)CC1OCc1ccccc1. The Hall–Kier alpha value is -1.94. The minimum Gasteiger partial charge on any atom is -0.372 e. The third kappa shape index (κ3) is 5.65. The summed E-state index contributed by atoms with van der Waals surface area (Å²) in [5.74, 6) is 0. The molecule has 162 valence electrons. The lowest BCUT2D eigenvalue weighted by Crippen LogP contribution is -2.52. The van der Waals surface area contributed by atoms with Crippen LogP contribution in [0.2, 0.25) is 0 Å². The van der Waals surface area contributed by atoms with E-state index in [4.69, 9.17) is 4.74 Å². The number of halogens is 1. The van der Waals surface area contributed by atoms with Crippen molar-refractivity contribution in [1.29, 1.82) is 0 Å². The van der Waals surface area contributed by atoms with Crippen LogP contribution in [0.15, 0.2) is 89.4 Å². The number of piperidine rings is 1. The minimum absolute atomic E-state index is 0.145. The van der Waals surface area contributed by atoms with E-state index in [-0.39, 0.29) is 11.5 Å². The summed E-state index contributed by atoms with van der Waals surface area (Å²) in [5.41, 5.74) is 4.15. The van der Waals surface area contributed by atoms with Crippen molar-refractivity contribution in [3.8, 4) is 0 Å². The fraction of sp³-hybridized carbons (Fsp3) is 0.357. The van der Waals surface area contributed by atoms with Crippen molar-refractivity contribution in [3.63, 3.8) is 0 Å². The van der Waals surface area contributed by atoms with Crippen LogP contribution in [0.5, 0.6) is 0 Å². The van der Waals surface area contributed by atoms with E-state index in [0.717, 1.165) is 38.9 Å². The second-order valence-electron chi connectivity index (χ2n) is 8.74. The van der Waals surface area contributed by atoms with E-state index in [1.54, 1.807) is 0 Å². The first-order valence-electron chi connectivity index (χ1n) is 11.3. The summed E-state index contributed by atoms with van der Waals surface area (Å²) in [4.78, 5) is 2.57. The Morgan fingerprint density at radius 1 is 0.903 bits per heavy atom. The van der Waals surface area contributed by atoms with E-state index >= 15 is 0 Å². The van der Waals surface area contributed by atoms with Crippen LogP contribution in [0.4, 0.5) is 0 Å². The third-order valence-corrected chi connectivity index (χ3v) is 7.55. The molecule has 0 radical (unpaired) electrons. The molecular formula is C28H32BrNO. The van der Waals surface area contributed by atoms with Gasteiger partial charge in [-0.05, 0) is 48.6 Å². The molecule has 1 aliphatic heterocycles. The largest absolute Gasteiger partial charge is 0.372 e. The van der Waals surface area contributed by atoms with Gasteiger partial charge in [0.25, 0.3) is 0 Å². The summed E-state index contributed by atoms with van der Waals surface area (Å²) in [6.07, 6.45) is 3.51. The van der Waals surface area contributed by atoms with Gasteiger partial charge in [0.15, 0.2) is 0 Å². The molecule has 3 heteroatoms. The van der Waals surface area contributed by atoms with Crippen LogP contribution < -0.4 is 0 Å². The molecule has 1 heterocycles. The molecule has 4 rings (SSSR count). The van der Waals surface area contributed by atoms with Crippen LogP contribution >= 0.6 is 15.9 Å². The molecule has 0 aromatic heterocycles. The Morgan fingerprint density at radius 3 is 2.23 bits per heavy atom. The zero-order valence-corrected chi connectivity index (χ0v) is 19.9. The van der Waals surface area contributed by atoms with Crippen molar-refractivity contribution in [2.75, 3.05) is 13.1 Å². The highest BCUT2D eigenvalue weighted by molar-refractivity contribution is 9.10. The van der Waals surface area contributed by atoms with Crippen LogP contribution in [0.1, 0.15) is 36.5 Å². The Bertz CT molecular complexity index is 945. The Labute approximate surface area is 195 Å². The highest BCUT2D eigenvalue weighted by atomic mass is 79.9. The van der Waals surface area contributed by atoms with E-state index in [9.17, 15) is 0 Å². The van der Waals surface area contributed by atoms with Gasteiger partial charge in [0.05, 0.1) is 12.7 Å². The van der Waals surface area contributed by atoms with Gasteiger partial charge in [-0.15, -0.1) is 0 Å². The predicted octanol–water partition coefficient (Wildman–Crippen LogP) is 6.88. The molecule has 2 atom stereocenters.